The molecule has 0 N–H and O–H groups in total. The number of fused-ring (bicyclic) bond motifs is 5. The summed E-state index contributed by atoms with van der Waals surface area (Å²) >= 11 is 0. The topological polar surface area (TPSA) is 9.23 Å². The number of benzene rings is 2. The van der Waals surface area contributed by atoms with Crippen LogP contribution in [0.3, 0.4) is 0 Å². The number of rotatable bonds is 2. The molecule has 4 rings (SSSR count). The standard InChI is InChI=1S/C22H28OSi/c1-15-12-17-13-18(14-24(3,4)5)23-22(17,2)20-11-10-16-8-6-7-9-19(16)21(15)20/h6-12,17-18H,13-14H2,1-5H3. The number of hydrogen-bond donors (Lipinski definition) is 0. The van der Waals surface area contributed by atoms with Crippen molar-refractivity contribution in [2.75, 3.05) is 0 Å². The quantitative estimate of drug-likeness (QED) is 0.592. The van der Waals surface area contributed by atoms with Gasteiger partial charge in [0.15, 0.2) is 0 Å². The second-order valence-electron chi connectivity index (χ2n) is 9.01. The van der Waals surface area contributed by atoms with Crippen molar-refractivity contribution in [1.29, 1.82) is 0 Å². The lowest BCUT2D eigenvalue weighted by molar-refractivity contribution is -0.0375. The summed E-state index contributed by atoms with van der Waals surface area (Å²) in [6.45, 7) is 11.9. The molecule has 2 aliphatic rings. The number of allylic oxidation sites excluding steroid dienone is 1. The molecule has 2 aromatic rings. The number of hydrogen-bond acceptors (Lipinski definition) is 1. The van der Waals surface area contributed by atoms with Crippen LogP contribution in [0.4, 0.5) is 0 Å². The van der Waals surface area contributed by atoms with Crippen LogP contribution in [0.1, 0.15) is 31.4 Å². The van der Waals surface area contributed by atoms with Crippen LogP contribution in [0.5, 0.6) is 0 Å². The fourth-order valence-electron chi connectivity index (χ4n) is 4.78. The summed E-state index contributed by atoms with van der Waals surface area (Å²) in [5.41, 5.74) is 4.05. The molecule has 2 aromatic carbocycles. The lowest BCUT2D eigenvalue weighted by Crippen LogP contribution is -2.33. The molecule has 126 valence electrons. The van der Waals surface area contributed by atoms with Crippen LogP contribution >= 0.6 is 0 Å². The first-order valence-corrected chi connectivity index (χ1v) is 12.9. The van der Waals surface area contributed by atoms with Crippen LogP contribution in [0.25, 0.3) is 16.3 Å². The summed E-state index contributed by atoms with van der Waals surface area (Å²) < 4.78 is 6.74. The van der Waals surface area contributed by atoms with E-state index in [9.17, 15) is 0 Å². The van der Waals surface area contributed by atoms with Crippen LogP contribution in [-0.2, 0) is 10.3 Å². The highest BCUT2D eigenvalue weighted by atomic mass is 28.3. The monoisotopic (exact) mass is 336 g/mol. The van der Waals surface area contributed by atoms with Gasteiger partial charge in [0, 0.05) is 14.0 Å². The van der Waals surface area contributed by atoms with Gasteiger partial charge in [0.25, 0.3) is 0 Å². The van der Waals surface area contributed by atoms with Crippen molar-refractivity contribution >= 4 is 24.4 Å². The molecular weight excluding hydrogens is 308 g/mol. The van der Waals surface area contributed by atoms with E-state index in [1.807, 2.05) is 0 Å². The molecule has 0 saturated carbocycles. The first kappa shape index (κ1) is 16.1. The Kier molecular flexibility index (Phi) is 3.56. The highest BCUT2D eigenvalue weighted by Gasteiger charge is 2.49. The van der Waals surface area contributed by atoms with Gasteiger partial charge >= 0.3 is 0 Å². The minimum Gasteiger partial charge on any atom is -0.367 e. The van der Waals surface area contributed by atoms with Crippen molar-refractivity contribution in [3.05, 3.63) is 53.6 Å². The molecule has 1 aliphatic heterocycles. The minimum atomic E-state index is -1.12. The molecule has 1 aliphatic carbocycles. The summed E-state index contributed by atoms with van der Waals surface area (Å²) in [6.07, 6.45) is 4.07. The third kappa shape index (κ3) is 2.48. The first-order chi connectivity index (χ1) is 11.3. The summed E-state index contributed by atoms with van der Waals surface area (Å²) in [7, 11) is -1.12. The van der Waals surface area contributed by atoms with Gasteiger partial charge in [0.1, 0.15) is 0 Å². The zero-order chi connectivity index (χ0) is 17.1. The van der Waals surface area contributed by atoms with Gasteiger partial charge in [-0.2, -0.15) is 0 Å². The molecule has 0 aromatic heterocycles. The third-order valence-corrected chi connectivity index (χ3v) is 7.47. The summed E-state index contributed by atoms with van der Waals surface area (Å²) in [5, 5.41) is 2.68. The van der Waals surface area contributed by atoms with Gasteiger partial charge in [-0.3, -0.25) is 0 Å². The fourth-order valence-corrected chi connectivity index (χ4v) is 6.40. The molecule has 1 saturated heterocycles. The van der Waals surface area contributed by atoms with Gasteiger partial charge in [0.2, 0.25) is 0 Å². The molecule has 24 heavy (non-hydrogen) atoms. The molecule has 3 atom stereocenters. The van der Waals surface area contributed by atoms with Gasteiger partial charge in [-0.05, 0) is 53.8 Å². The zero-order valence-electron chi connectivity index (χ0n) is 15.5. The van der Waals surface area contributed by atoms with Crippen LogP contribution in [0.15, 0.2) is 42.5 Å². The molecular formula is C22H28OSi. The molecule has 0 bridgehead atoms. The molecule has 1 nitrogen and oxygen atoms in total. The van der Waals surface area contributed by atoms with E-state index in [0.29, 0.717) is 12.0 Å². The Balaban J connectivity index is 1.83. The van der Waals surface area contributed by atoms with E-state index in [1.165, 1.54) is 39.9 Å². The Bertz CT molecular complexity index is 829. The van der Waals surface area contributed by atoms with Crippen molar-refractivity contribution in [1.82, 2.24) is 0 Å². The third-order valence-electron chi connectivity index (χ3n) is 5.79. The SMILES string of the molecule is CC1=CC2CC(C[Si](C)(C)C)OC2(C)c2ccc3ccccc3c21. The summed E-state index contributed by atoms with van der Waals surface area (Å²) in [4.78, 5) is 0. The van der Waals surface area contributed by atoms with Gasteiger partial charge in [-0.25, -0.2) is 0 Å². The highest BCUT2D eigenvalue weighted by Crippen LogP contribution is 2.53. The Morgan fingerprint density at radius 3 is 2.62 bits per heavy atom. The molecule has 0 amide bonds. The van der Waals surface area contributed by atoms with Crippen LogP contribution in [0, 0.1) is 5.92 Å². The lowest BCUT2D eigenvalue weighted by Gasteiger charge is -2.36. The Morgan fingerprint density at radius 1 is 1.12 bits per heavy atom. The van der Waals surface area contributed by atoms with E-state index in [1.54, 1.807) is 0 Å². The van der Waals surface area contributed by atoms with Gasteiger partial charge < -0.3 is 4.74 Å². The molecule has 0 spiro atoms. The van der Waals surface area contributed by atoms with E-state index >= 15 is 0 Å². The second kappa shape index (κ2) is 5.31. The van der Waals surface area contributed by atoms with Crippen molar-refractivity contribution in [2.45, 2.75) is 57.7 Å². The molecule has 3 unspecified atom stereocenters. The molecule has 2 heteroatoms. The summed E-state index contributed by atoms with van der Waals surface area (Å²) in [5.74, 6) is 0.507. The van der Waals surface area contributed by atoms with Crippen LogP contribution < -0.4 is 0 Å². The smallest absolute Gasteiger partial charge is 0.0976 e. The van der Waals surface area contributed by atoms with Crippen molar-refractivity contribution < 1.29 is 4.74 Å². The maximum atomic E-state index is 6.74. The average molecular weight is 337 g/mol. The Morgan fingerprint density at radius 2 is 1.88 bits per heavy atom. The van der Waals surface area contributed by atoms with Crippen LogP contribution in [-0.4, -0.2) is 14.2 Å². The van der Waals surface area contributed by atoms with Gasteiger partial charge in [0.05, 0.1) is 11.7 Å². The highest BCUT2D eigenvalue weighted by molar-refractivity contribution is 6.76. The second-order valence-corrected chi connectivity index (χ2v) is 14.5. The van der Waals surface area contributed by atoms with Gasteiger partial charge in [-0.1, -0.05) is 62.1 Å². The normalized spacial score (nSPS) is 29.3. The Labute approximate surface area is 146 Å². The summed E-state index contributed by atoms with van der Waals surface area (Å²) in [6, 6.07) is 14.6. The zero-order valence-corrected chi connectivity index (χ0v) is 16.5. The van der Waals surface area contributed by atoms with E-state index in [-0.39, 0.29) is 5.60 Å². The van der Waals surface area contributed by atoms with Crippen LogP contribution in [0.2, 0.25) is 25.7 Å². The average Bonchev–Trinajstić information content (AvgIpc) is 2.81. The minimum absolute atomic E-state index is 0.164. The largest absolute Gasteiger partial charge is 0.367 e. The molecule has 1 heterocycles. The number of ether oxygens (including phenoxy) is 1. The molecule has 1 fully saturated rings. The van der Waals surface area contributed by atoms with Crippen molar-refractivity contribution in [2.24, 2.45) is 5.92 Å². The maximum absolute atomic E-state index is 6.74. The van der Waals surface area contributed by atoms with E-state index < -0.39 is 8.07 Å². The van der Waals surface area contributed by atoms with E-state index in [4.69, 9.17) is 4.74 Å². The van der Waals surface area contributed by atoms with E-state index in [0.717, 1.165) is 0 Å². The van der Waals surface area contributed by atoms with Crippen molar-refractivity contribution in [3.63, 3.8) is 0 Å². The maximum Gasteiger partial charge on any atom is 0.0976 e. The van der Waals surface area contributed by atoms with Gasteiger partial charge in [-0.15, -0.1) is 0 Å². The first-order valence-electron chi connectivity index (χ1n) is 9.17. The van der Waals surface area contributed by atoms with E-state index in [2.05, 4.69) is 76.0 Å². The predicted octanol–water partition coefficient (Wildman–Crippen LogP) is 6.22. The molecule has 0 radical (unpaired) electrons. The predicted molar refractivity (Wildman–Crippen MR) is 106 cm³/mol. The Hall–Kier alpha value is -1.38. The fraction of sp³-hybridized carbons (Fsp3) is 0.455. The lowest BCUT2D eigenvalue weighted by atomic mass is 9.72. The van der Waals surface area contributed by atoms with Crippen molar-refractivity contribution in [3.8, 4) is 0 Å².